The van der Waals surface area contributed by atoms with Crippen molar-refractivity contribution < 1.29 is 8.78 Å². The first kappa shape index (κ1) is 8.43. The van der Waals surface area contributed by atoms with Gasteiger partial charge in [-0.05, 0) is 22.0 Å². The van der Waals surface area contributed by atoms with Gasteiger partial charge in [0.15, 0.2) is 0 Å². The molecule has 0 bridgehead atoms. The SMILES string of the molecule is FC(F)c1cc(Cl)sc1Br. The Labute approximate surface area is 73.9 Å². The van der Waals surface area contributed by atoms with Gasteiger partial charge in [0.2, 0.25) is 0 Å². The lowest BCUT2D eigenvalue weighted by Crippen LogP contribution is -1.77. The number of thiophene rings is 1. The number of hydrogen-bond donors (Lipinski definition) is 0. The van der Waals surface area contributed by atoms with Crippen molar-refractivity contribution in [3.8, 4) is 0 Å². The summed E-state index contributed by atoms with van der Waals surface area (Å²) < 4.78 is 24.7. The molecule has 0 aromatic carbocycles. The van der Waals surface area contributed by atoms with Gasteiger partial charge in [-0.1, -0.05) is 11.6 Å². The van der Waals surface area contributed by atoms with E-state index in [0.29, 0.717) is 8.12 Å². The molecular formula is C5H2BrClF2S. The fourth-order valence-electron chi connectivity index (χ4n) is 0.502. The van der Waals surface area contributed by atoms with E-state index in [4.69, 9.17) is 11.6 Å². The Morgan fingerprint density at radius 3 is 2.40 bits per heavy atom. The van der Waals surface area contributed by atoms with Gasteiger partial charge >= 0.3 is 0 Å². The summed E-state index contributed by atoms with van der Waals surface area (Å²) in [5.74, 6) is 0. The molecule has 0 aliphatic carbocycles. The zero-order valence-electron chi connectivity index (χ0n) is 4.57. The topological polar surface area (TPSA) is 0 Å². The maximum absolute atomic E-state index is 12.0. The van der Waals surface area contributed by atoms with Crippen LogP contribution in [0.2, 0.25) is 4.34 Å². The van der Waals surface area contributed by atoms with E-state index in [1.807, 2.05) is 0 Å². The zero-order valence-corrected chi connectivity index (χ0v) is 7.73. The summed E-state index contributed by atoms with van der Waals surface area (Å²) in [6, 6.07) is 1.26. The second-order valence-electron chi connectivity index (χ2n) is 1.58. The summed E-state index contributed by atoms with van der Waals surface area (Å²) in [6.45, 7) is 0. The Hall–Kier alpha value is 0.330. The molecule has 1 aromatic heterocycles. The fourth-order valence-corrected chi connectivity index (χ4v) is 2.56. The Kier molecular flexibility index (Phi) is 2.66. The van der Waals surface area contributed by atoms with Crippen molar-refractivity contribution in [2.75, 3.05) is 0 Å². The van der Waals surface area contributed by atoms with Crippen molar-refractivity contribution in [2.45, 2.75) is 6.43 Å². The van der Waals surface area contributed by atoms with E-state index in [9.17, 15) is 8.78 Å². The molecule has 0 atom stereocenters. The standard InChI is InChI=1S/C5H2BrClF2S/c6-4-2(5(8)9)1-3(7)10-4/h1,5H. The van der Waals surface area contributed by atoms with Crippen molar-refractivity contribution in [2.24, 2.45) is 0 Å². The normalized spacial score (nSPS) is 10.9. The van der Waals surface area contributed by atoms with Crippen molar-refractivity contribution in [1.82, 2.24) is 0 Å². The van der Waals surface area contributed by atoms with E-state index in [1.54, 1.807) is 0 Å². The van der Waals surface area contributed by atoms with Gasteiger partial charge in [-0.15, -0.1) is 11.3 Å². The van der Waals surface area contributed by atoms with Crippen LogP contribution in [0.15, 0.2) is 9.85 Å². The van der Waals surface area contributed by atoms with Crippen LogP contribution in [0.4, 0.5) is 8.78 Å². The minimum Gasteiger partial charge on any atom is -0.205 e. The van der Waals surface area contributed by atoms with Gasteiger partial charge in [0, 0.05) is 5.56 Å². The molecule has 0 unspecified atom stereocenters. The summed E-state index contributed by atoms with van der Waals surface area (Å²) in [7, 11) is 0. The van der Waals surface area contributed by atoms with Gasteiger partial charge in [-0.25, -0.2) is 8.78 Å². The third-order valence-corrected chi connectivity index (χ3v) is 2.93. The minimum absolute atomic E-state index is 0.0324. The van der Waals surface area contributed by atoms with Crippen molar-refractivity contribution in [3.05, 3.63) is 19.8 Å². The highest BCUT2D eigenvalue weighted by Crippen LogP contribution is 2.36. The molecule has 0 spiro atoms. The van der Waals surface area contributed by atoms with Crippen LogP contribution in [-0.2, 0) is 0 Å². The third-order valence-electron chi connectivity index (χ3n) is 0.918. The predicted molar refractivity (Wildman–Crippen MR) is 42.0 cm³/mol. The zero-order chi connectivity index (χ0) is 7.72. The van der Waals surface area contributed by atoms with E-state index >= 15 is 0 Å². The van der Waals surface area contributed by atoms with Crippen molar-refractivity contribution >= 4 is 38.9 Å². The molecule has 0 aliphatic heterocycles. The second kappa shape index (κ2) is 3.15. The first-order chi connectivity index (χ1) is 4.61. The van der Waals surface area contributed by atoms with Gasteiger partial charge in [0.1, 0.15) is 0 Å². The van der Waals surface area contributed by atoms with Crippen LogP contribution in [0.25, 0.3) is 0 Å². The summed E-state index contributed by atoms with van der Waals surface area (Å²) in [4.78, 5) is 0. The van der Waals surface area contributed by atoms with Crippen LogP contribution in [0.5, 0.6) is 0 Å². The number of alkyl halides is 2. The van der Waals surface area contributed by atoms with Gasteiger partial charge in [-0.3, -0.25) is 0 Å². The highest BCUT2D eigenvalue weighted by Gasteiger charge is 2.14. The molecule has 0 radical (unpaired) electrons. The average Bonchev–Trinajstić information content (AvgIpc) is 2.10. The van der Waals surface area contributed by atoms with Crippen molar-refractivity contribution in [3.63, 3.8) is 0 Å². The van der Waals surface area contributed by atoms with Gasteiger partial charge in [0.25, 0.3) is 6.43 Å². The Bertz CT molecular complexity index is 236. The first-order valence-electron chi connectivity index (χ1n) is 2.34. The van der Waals surface area contributed by atoms with Crippen LogP contribution in [0.1, 0.15) is 12.0 Å². The van der Waals surface area contributed by atoms with Crippen molar-refractivity contribution in [1.29, 1.82) is 0 Å². The van der Waals surface area contributed by atoms with Crippen LogP contribution >= 0.6 is 38.9 Å². The minimum atomic E-state index is -2.45. The summed E-state index contributed by atoms with van der Waals surface area (Å²) >= 11 is 9.54. The molecule has 0 N–H and O–H groups in total. The molecule has 1 heterocycles. The largest absolute Gasteiger partial charge is 0.265 e. The van der Waals surface area contributed by atoms with E-state index in [1.165, 1.54) is 6.07 Å². The molecular weight excluding hydrogens is 245 g/mol. The molecule has 0 saturated heterocycles. The van der Waals surface area contributed by atoms with Gasteiger partial charge in [0.05, 0.1) is 8.12 Å². The Morgan fingerprint density at radius 2 is 2.20 bits per heavy atom. The monoisotopic (exact) mass is 246 g/mol. The molecule has 0 nitrogen and oxygen atoms in total. The first-order valence-corrected chi connectivity index (χ1v) is 4.33. The van der Waals surface area contributed by atoms with E-state index < -0.39 is 6.43 Å². The summed E-state index contributed by atoms with van der Waals surface area (Å²) in [5.41, 5.74) is -0.0324. The number of rotatable bonds is 1. The summed E-state index contributed by atoms with van der Waals surface area (Å²) in [5, 5.41) is 0. The quantitative estimate of drug-likeness (QED) is 0.701. The lowest BCUT2D eigenvalue weighted by Gasteiger charge is -1.91. The highest BCUT2D eigenvalue weighted by atomic mass is 79.9. The van der Waals surface area contributed by atoms with E-state index in [0.717, 1.165) is 11.3 Å². The van der Waals surface area contributed by atoms with Crippen LogP contribution in [-0.4, -0.2) is 0 Å². The molecule has 0 saturated carbocycles. The maximum atomic E-state index is 12.0. The third kappa shape index (κ3) is 1.68. The van der Waals surface area contributed by atoms with Crippen LogP contribution in [0, 0.1) is 0 Å². The molecule has 0 amide bonds. The Morgan fingerprint density at radius 1 is 1.60 bits per heavy atom. The second-order valence-corrected chi connectivity index (χ2v) is 4.58. The molecule has 10 heavy (non-hydrogen) atoms. The molecule has 0 fully saturated rings. The Balaban J connectivity index is 3.03. The van der Waals surface area contributed by atoms with E-state index in [2.05, 4.69) is 15.9 Å². The smallest absolute Gasteiger partial charge is 0.205 e. The van der Waals surface area contributed by atoms with Gasteiger partial charge in [-0.2, -0.15) is 0 Å². The summed E-state index contributed by atoms with van der Waals surface area (Å²) in [6.07, 6.45) is -2.45. The van der Waals surface area contributed by atoms with Crippen LogP contribution in [0.3, 0.4) is 0 Å². The molecule has 0 aliphatic rings. The lowest BCUT2D eigenvalue weighted by atomic mass is 10.4. The van der Waals surface area contributed by atoms with Crippen LogP contribution < -0.4 is 0 Å². The van der Waals surface area contributed by atoms with Gasteiger partial charge < -0.3 is 0 Å². The maximum Gasteiger partial charge on any atom is 0.265 e. The van der Waals surface area contributed by atoms with E-state index in [-0.39, 0.29) is 5.56 Å². The fraction of sp³-hybridized carbons (Fsp3) is 0.200. The number of halogens is 4. The molecule has 5 heteroatoms. The average molecular weight is 247 g/mol. The lowest BCUT2D eigenvalue weighted by molar-refractivity contribution is 0.151. The highest BCUT2D eigenvalue weighted by molar-refractivity contribution is 9.11. The molecule has 1 aromatic rings. The molecule has 56 valence electrons. The number of hydrogen-bond acceptors (Lipinski definition) is 1. The molecule has 1 rings (SSSR count). The predicted octanol–water partition coefficient (Wildman–Crippen LogP) is 4.10.